The van der Waals surface area contributed by atoms with E-state index in [1.54, 1.807) is 30.3 Å². The standard InChI is InChI=1S/C11H10ClN3O/c12-10-6-3-7-11(15(10)16)14-9-5-2-1-4-8(9)13/h1-7,16H,13H2. The fourth-order valence-electron chi connectivity index (χ4n) is 1.26. The molecule has 2 rings (SSSR count). The molecular weight excluding hydrogens is 226 g/mol. The van der Waals surface area contributed by atoms with Crippen LogP contribution in [0, 0.1) is 0 Å². The van der Waals surface area contributed by atoms with Gasteiger partial charge in [-0.25, -0.2) is 4.99 Å². The first-order valence-electron chi connectivity index (χ1n) is 4.64. The van der Waals surface area contributed by atoms with Gasteiger partial charge in [0.1, 0.15) is 5.15 Å². The number of benzene rings is 1. The van der Waals surface area contributed by atoms with Crippen molar-refractivity contribution >= 4 is 23.0 Å². The highest BCUT2D eigenvalue weighted by Crippen LogP contribution is 2.19. The van der Waals surface area contributed by atoms with Crippen molar-refractivity contribution in [3.8, 4) is 0 Å². The van der Waals surface area contributed by atoms with Gasteiger partial charge in [0, 0.05) is 0 Å². The molecule has 1 aromatic heterocycles. The Morgan fingerprint density at radius 1 is 1.12 bits per heavy atom. The number of hydrogen-bond donors (Lipinski definition) is 2. The fraction of sp³-hybridized carbons (Fsp3) is 0. The first kappa shape index (κ1) is 10.6. The lowest BCUT2D eigenvalue weighted by molar-refractivity contribution is 0.173. The van der Waals surface area contributed by atoms with Crippen LogP contribution in [0.1, 0.15) is 0 Å². The Bertz CT molecular complexity index is 577. The van der Waals surface area contributed by atoms with Gasteiger partial charge in [-0.1, -0.05) is 29.8 Å². The molecule has 0 aliphatic rings. The summed E-state index contributed by atoms with van der Waals surface area (Å²) >= 11 is 5.74. The Hall–Kier alpha value is -1.94. The summed E-state index contributed by atoms with van der Waals surface area (Å²) in [6.07, 6.45) is 0. The van der Waals surface area contributed by atoms with Crippen LogP contribution in [0.4, 0.5) is 11.4 Å². The third-order valence-corrected chi connectivity index (χ3v) is 2.36. The molecular formula is C11H10ClN3O. The second-order valence-corrected chi connectivity index (χ2v) is 3.58. The Kier molecular flexibility index (Phi) is 2.83. The van der Waals surface area contributed by atoms with E-state index in [0.717, 1.165) is 4.73 Å². The van der Waals surface area contributed by atoms with Gasteiger partial charge in [0.05, 0.1) is 11.4 Å². The molecule has 0 saturated carbocycles. The van der Waals surface area contributed by atoms with Crippen LogP contribution in [-0.4, -0.2) is 9.94 Å². The van der Waals surface area contributed by atoms with Gasteiger partial charge >= 0.3 is 0 Å². The van der Waals surface area contributed by atoms with Crippen LogP contribution < -0.4 is 11.2 Å². The van der Waals surface area contributed by atoms with Crippen molar-refractivity contribution in [1.29, 1.82) is 0 Å². The molecule has 0 saturated heterocycles. The summed E-state index contributed by atoms with van der Waals surface area (Å²) in [5.41, 5.74) is 7.20. The predicted octanol–water partition coefficient (Wildman–Crippen LogP) is 2.19. The van der Waals surface area contributed by atoms with Crippen molar-refractivity contribution in [1.82, 2.24) is 4.73 Å². The summed E-state index contributed by atoms with van der Waals surface area (Å²) in [6.45, 7) is 0. The van der Waals surface area contributed by atoms with Crippen molar-refractivity contribution in [3.63, 3.8) is 0 Å². The topological polar surface area (TPSA) is 63.5 Å². The molecule has 0 radical (unpaired) electrons. The molecule has 1 aromatic carbocycles. The van der Waals surface area contributed by atoms with Crippen molar-refractivity contribution in [2.75, 3.05) is 5.73 Å². The van der Waals surface area contributed by atoms with Gasteiger partial charge in [-0.3, -0.25) is 0 Å². The highest BCUT2D eigenvalue weighted by Gasteiger charge is 1.98. The number of halogens is 1. The highest BCUT2D eigenvalue weighted by molar-refractivity contribution is 6.29. The number of anilines is 1. The van der Waals surface area contributed by atoms with E-state index in [2.05, 4.69) is 4.99 Å². The minimum Gasteiger partial charge on any atom is -0.426 e. The zero-order valence-corrected chi connectivity index (χ0v) is 9.09. The number of aromatic nitrogens is 1. The maximum atomic E-state index is 9.60. The number of pyridine rings is 1. The molecule has 4 nitrogen and oxygen atoms in total. The Morgan fingerprint density at radius 2 is 1.88 bits per heavy atom. The molecule has 0 unspecified atom stereocenters. The van der Waals surface area contributed by atoms with E-state index in [4.69, 9.17) is 17.3 Å². The molecule has 16 heavy (non-hydrogen) atoms. The third kappa shape index (κ3) is 2.01. The SMILES string of the molecule is Nc1ccccc1N=c1cccc(Cl)n1O. The van der Waals surface area contributed by atoms with Crippen LogP contribution >= 0.6 is 11.6 Å². The van der Waals surface area contributed by atoms with Crippen LogP contribution in [0.2, 0.25) is 5.15 Å². The zero-order valence-electron chi connectivity index (χ0n) is 8.34. The molecule has 0 aliphatic heterocycles. The van der Waals surface area contributed by atoms with Crippen LogP contribution in [0.3, 0.4) is 0 Å². The predicted molar refractivity (Wildman–Crippen MR) is 62.7 cm³/mol. The van der Waals surface area contributed by atoms with Crippen molar-refractivity contribution in [2.45, 2.75) is 0 Å². The number of hydrogen-bond acceptors (Lipinski definition) is 3. The number of nitrogens with zero attached hydrogens (tertiary/aromatic N) is 2. The zero-order chi connectivity index (χ0) is 11.5. The second kappa shape index (κ2) is 4.28. The maximum absolute atomic E-state index is 9.60. The molecule has 0 aliphatic carbocycles. The van der Waals surface area contributed by atoms with Crippen LogP contribution in [-0.2, 0) is 0 Å². The molecule has 3 N–H and O–H groups in total. The summed E-state index contributed by atoms with van der Waals surface area (Å²) in [6, 6.07) is 12.0. The van der Waals surface area contributed by atoms with Gasteiger partial charge in [0.2, 0.25) is 0 Å². The van der Waals surface area contributed by atoms with Gasteiger partial charge < -0.3 is 10.9 Å². The normalized spacial score (nSPS) is 11.7. The Morgan fingerprint density at radius 3 is 2.62 bits per heavy atom. The van der Waals surface area contributed by atoms with Gasteiger partial charge in [-0.05, 0) is 24.3 Å². The maximum Gasteiger partial charge on any atom is 0.170 e. The smallest absolute Gasteiger partial charge is 0.170 e. The summed E-state index contributed by atoms with van der Waals surface area (Å²) < 4.78 is 0.800. The molecule has 5 heteroatoms. The van der Waals surface area contributed by atoms with E-state index in [1.165, 1.54) is 0 Å². The summed E-state index contributed by atoms with van der Waals surface area (Å²) in [4.78, 5) is 4.20. The largest absolute Gasteiger partial charge is 0.426 e. The van der Waals surface area contributed by atoms with E-state index < -0.39 is 0 Å². The van der Waals surface area contributed by atoms with E-state index in [-0.39, 0.29) is 5.15 Å². The van der Waals surface area contributed by atoms with E-state index in [0.29, 0.717) is 16.9 Å². The van der Waals surface area contributed by atoms with Crippen LogP contribution in [0.5, 0.6) is 0 Å². The minimum absolute atomic E-state index is 0.191. The van der Waals surface area contributed by atoms with E-state index in [1.807, 2.05) is 12.1 Å². The van der Waals surface area contributed by atoms with Gasteiger partial charge in [-0.2, -0.15) is 4.73 Å². The minimum atomic E-state index is 0.191. The lowest BCUT2D eigenvalue weighted by Gasteiger charge is -2.02. The van der Waals surface area contributed by atoms with Gasteiger partial charge in [0.15, 0.2) is 5.49 Å². The van der Waals surface area contributed by atoms with Crippen molar-refractivity contribution in [2.24, 2.45) is 4.99 Å². The summed E-state index contributed by atoms with van der Waals surface area (Å²) in [5, 5.41) is 9.79. The lowest BCUT2D eigenvalue weighted by atomic mass is 10.3. The molecule has 0 fully saturated rings. The number of rotatable bonds is 1. The van der Waals surface area contributed by atoms with E-state index in [9.17, 15) is 5.21 Å². The first-order chi connectivity index (χ1) is 7.68. The Balaban J connectivity index is 2.61. The highest BCUT2D eigenvalue weighted by atomic mass is 35.5. The number of para-hydroxylation sites is 2. The molecule has 0 atom stereocenters. The lowest BCUT2D eigenvalue weighted by Crippen LogP contribution is -2.17. The average molecular weight is 236 g/mol. The van der Waals surface area contributed by atoms with Crippen molar-refractivity contribution in [3.05, 3.63) is 53.1 Å². The van der Waals surface area contributed by atoms with Gasteiger partial charge in [-0.15, -0.1) is 0 Å². The van der Waals surface area contributed by atoms with Crippen LogP contribution in [0.15, 0.2) is 47.5 Å². The monoisotopic (exact) mass is 235 g/mol. The van der Waals surface area contributed by atoms with Gasteiger partial charge in [0.25, 0.3) is 0 Å². The molecule has 1 heterocycles. The second-order valence-electron chi connectivity index (χ2n) is 3.19. The van der Waals surface area contributed by atoms with Crippen LogP contribution in [0.25, 0.3) is 0 Å². The summed E-state index contributed by atoms with van der Waals surface area (Å²) in [7, 11) is 0. The first-order valence-corrected chi connectivity index (χ1v) is 5.02. The fourth-order valence-corrected chi connectivity index (χ4v) is 1.42. The Labute approximate surface area is 97.2 Å². The molecule has 2 aromatic rings. The molecule has 82 valence electrons. The summed E-state index contributed by atoms with van der Waals surface area (Å²) in [5.74, 6) is 0. The van der Waals surface area contributed by atoms with E-state index >= 15 is 0 Å². The number of nitrogens with two attached hydrogens (primary N) is 1. The average Bonchev–Trinajstić information content (AvgIpc) is 2.28. The van der Waals surface area contributed by atoms with Crippen molar-refractivity contribution < 1.29 is 5.21 Å². The molecule has 0 amide bonds. The third-order valence-electron chi connectivity index (χ3n) is 2.07. The molecule has 0 spiro atoms. The number of nitrogen functional groups attached to an aromatic ring is 1. The molecule has 0 bridgehead atoms. The quantitative estimate of drug-likeness (QED) is 0.452.